The number of piperidine rings is 1. The van der Waals surface area contributed by atoms with Crippen molar-refractivity contribution in [3.05, 3.63) is 88.1 Å². The summed E-state index contributed by atoms with van der Waals surface area (Å²) in [7, 11) is 0. The molecule has 1 fully saturated rings. The van der Waals surface area contributed by atoms with E-state index in [4.69, 9.17) is 9.84 Å². The highest BCUT2D eigenvalue weighted by molar-refractivity contribution is 7.12. The molecule has 5 heteroatoms. The van der Waals surface area contributed by atoms with Crippen LogP contribution in [0.4, 0.5) is 0 Å². The zero-order chi connectivity index (χ0) is 20.0. The molecule has 0 N–H and O–H groups in total. The van der Waals surface area contributed by atoms with Crippen LogP contribution in [0.1, 0.15) is 41.3 Å². The molecule has 0 saturated carbocycles. The predicted molar refractivity (Wildman–Crippen MR) is 121 cm³/mol. The van der Waals surface area contributed by atoms with E-state index in [1.54, 1.807) is 11.3 Å². The van der Waals surface area contributed by atoms with Crippen LogP contribution in [0.3, 0.4) is 0 Å². The largest absolute Gasteiger partial charge is 0.466 e. The van der Waals surface area contributed by atoms with Gasteiger partial charge in [-0.15, -0.1) is 11.3 Å². The summed E-state index contributed by atoms with van der Waals surface area (Å²) >= 11 is 1.78. The Kier molecular flexibility index (Phi) is 4.39. The van der Waals surface area contributed by atoms with E-state index >= 15 is 0 Å². The highest BCUT2D eigenvalue weighted by Crippen LogP contribution is 2.50. The predicted octanol–water partition coefficient (Wildman–Crippen LogP) is 5.28. The number of hydrogen-bond donors (Lipinski definition) is 0. The fourth-order valence-corrected chi connectivity index (χ4v) is 5.77. The van der Waals surface area contributed by atoms with Crippen LogP contribution in [0.5, 0.6) is 5.75 Å². The summed E-state index contributed by atoms with van der Waals surface area (Å²) in [6, 6.07) is 23.9. The van der Waals surface area contributed by atoms with E-state index in [1.807, 2.05) is 0 Å². The molecule has 30 heavy (non-hydrogen) atoms. The number of ether oxygens (including phenoxy) is 1. The highest BCUT2D eigenvalue weighted by Gasteiger charge is 2.51. The molecule has 0 bridgehead atoms. The van der Waals surface area contributed by atoms with E-state index in [0.717, 1.165) is 44.6 Å². The van der Waals surface area contributed by atoms with Crippen molar-refractivity contribution in [2.75, 3.05) is 13.1 Å². The number of thiophene rings is 1. The van der Waals surface area contributed by atoms with Gasteiger partial charge in [0.05, 0.1) is 16.6 Å². The maximum absolute atomic E-state index is 6.73. The van der Waals surface area contributed by atoms with E-state index in [1.165, 1.54) is 21.7 Å². The van der Waals surface area contributed by atoms with E-state index in [2.05, 4.69) is 82.0 Å². The molecule has 0 amide bonds. The number of likely N-dealkylation sites (tertiary alicyclic amines) is 1. The first kappa shape index (κ1) is 18.2. The maximum Gasteiger partial charge on any atom is 0.200 e. The average molecular weight is 416 g/mol. The average Bonchev–Trinajstić information content (AvgIpc) is 3.47. The van der Waals surface area contributed by atoms with Gasteiger partial charge in [0, 0.05) is 44.5 Å². The Balaban J connectivity index is 1.29. The molecule has 0 radical (unpaired) electrons. The van der Waals surface area contributed by atoms with Gasteiger partial charge in [0.1, 0.15) is 5.75 Å². The van der Waals surface area contributed by atoms with Crippen LogP contribution in [-0.2, 0) is 6.54 Å². The number of hydrazone groups is 1. The van der Waals surface area contributed by atoms with Crippen molar-refractivity contribution in [1.82, 2.24) is 9.91 Å². The van der Waals surface area contributed by atoms with Crippen molar-refractivity contribution in [3.63, 3.8) is 0 Å². The fourth-order valence-electron chi connectivity index (χ4n) is 5.05. The van der Waals surface area contributed by atoms with Gasteiger partial charge in [-0.25, -0.2) is 5.01 Å². The smallest absolute Gasteiger partial charge is 0.200 e. The summed E-state index contributed by atoms with van der Waals surface area (Å²) in [6.45, 7) is 3.04. The van der Waals surface area contributed by atoms with Gasteiger partial charge in [0.25, 0.3) is 0 Å². The maximum atomic E-state index is 6.73. The molecule has 4 nitrogen and oxygen atoms in total. The summed E-state index contributed by atoms with van der Waals surface area (Å²) in [5.74, 6) is 1.04. The van der Waals surface area contributed by atoms with Crippen LogP contribution in [0.25, 0.3) is 0 Å². The first-order valence-electron chi connectivity index (χ1n) is 10.8. The van der Waals surface area contributed by atoms with Crippen molar-refractivity contribution in [2.24, 2.45) is 5.10 Å². The van der Waals surface area contributed by atoms with Crippen LogP contribution in [-0.4, -0.2) is 34.4 Å². The van der Waals surface area contributed by atoms with Crippen LogP contribution >= 0.6 is 11.3 Å². The minimum absolute atomic E-state index is 0.271. The molecule has 1 unspecified atom stereocenters. The van der Waals surface area contributed by atoms with Crippen LogP contribution in [0.2, 0.25) is 0 Å². The lowest BCUT2D eigenvalue weighted by Gasteiger charge is -2.51. The van der Waals surface area contributed by atoms with Gasteiger partial charge >= 0.3 is 0 Å². The molecule has 1 saturated heterocycles. The van der Waals surface area contributed by atoms with E-state index < -0.39 is 0 Å². The molecule has 1 atom stereocenters. The zero-order valence-electron chi connectivity index (χ0n) is 16.9. The molecular weight excluding hydrogens is 390 g/mol. The Hall–Kier alpha value is -2.63. The molecule has 1 spiro atoms. The Morgan fingerprint density at radius 3 is 2.57 bits per heavy atom. The van der Waals surface area contributed by atoms with Crippen molar-refractivity contribution in [1.29, 1.82) is 0 Å². The van der Waals surface area contributed by atoms with Gasteiger partial charge in [0.15, 0.2) is 0 Å². The van der Waals surface area contributed by atoms with E-state index in [0.29, 0.717) is 0 Å². The standard InChI is InChI=1S/C25H25N3OS/c1-2-7-19(8-3-1)18-27-14-12-25(13-15-27)28-22(20-9-4-5-10-23(20)29-25)17-21(26-28)24-11-6-16-30-24/h1-11,16,22H,12-15,17-18H2. The van der Waals surface area contributed by atoms with Crippen molar-refractivity contribution in [3.8, 4) is 5.75 Å². The zero-order valence-corrected chi connectivity index (χ0v) is 17.7. The number of benzene rings is 2. The van der Waals surface area contributed by atoms with Gasteiger partial charge in [0.2, 0.25) is 5.72 Å². The second-order valence-electron chi connectivity index (χ2n) is 8.44. The number of hydrogen-bond acceptors (Lipinski definition) is 5. The minimum atomic E-state index is -0.342. The topological polar surface area (TPSA) is 28.1 Å². The number of rotatable bonds is 3. The Morgan fingerprint density at radius 1 is 0.967 bits per heavy atom. The van der Waals surface area contributed by atoms with Gasteiger partial charge < -0.3 is 4.74 Å². The molecule has 3 aliphatic heterocycles. The Bertz CT molecular complexity index is 1060. The van der Waals surface area contributed by atoms with Gasteiger partial charge in [-0.2, -0.15) is 5.10 Å². The third kappa shape index (κ3) is 3.04. The minimum Gasteiger partial charge on any atom is -0.466 e. The Labute approximate surface area is 181 Å². The molecule has 6 rings (SSSR count). The second kappa shape index (κ2) is 7.25. The molecule has 152 valence electrons. The molecule has 4 heterocycles. The summed E-state index contributed by atoms with van der Waals surface area (Å²) in [4.78, 5) is 3.82. The summed E-state index contributed by atoms with van der Waals surface area (Å²) in [6.07, 6.45) is 2.88. The molecular formula is C25H25N3OS. The number of nitrogens with zero attached hydrogens (tertiary/aromatic N) is 3. The lowest BCUT2D eigenvalue weighted by atomic mass is 9.91. The number of fused-ring (bicyclic) bond motifs is 4. The first-order chi connectivity index (χ1) is 14.8. The fraction of sp³-hybridized carbons (Fsp3) is 0.320. The van der Waals surface area contributed by atoms with Crippen LogP contribution in [0.15, 0.2) is 77.2 Å². The van der Waals surface area contributed by atoms with Crippen LogP contribution < -0.4 is 4.74 Å². The quantitative estimate of drug-likeness (QED) is 0.582. The summed E-state index contributed by atoms with van der Waals surface area (Å²) < 4.78 is 6.73. The molecule has 3 aliphatic rings. The van der Waals surface area contributed by atoms with Gasteiger partial charge in [-0.1, -0.05) is 54.6 Å². The van der Waals surface area contributed by atoms with E-state index in [9.17, 15) is 0 Å². The lowest BCUT2D eigenvalue weighted by Crippen LogP contribution is -2.59. The molecule has 1 aromatic heterocycles. The van der Waals surface area contributed by atoms with Gasteiger partial charge in [-0.3, -0.25) is 4.90 Å². The normalized spacial score (nSPS) is 22.3. The third-order valence-electron chi connectivity index (χ3n) is 6.60. The summed E-state index contributed by atoms with van der Waals surface area (Å²) in [5, 5.41) is 9.60. The molecule has 0 aliphatic carbocycles. The second-order valence-corrected chi connectivity index (χ2v) is 9.38. The van der Waals surface area contributed by atoms with Crippen molar-refractivity contribution < 1.29 is 4.74 Å². The lowest BCUT2D eigenvalue weighted by molar-refractivity contribution is -0.150. The highest BCUT2D eigenvalue weighted by atomic mass is 32.1. The number of para-hydroxylation sites is 1. The monoisotopic (exact) mass is 415 g/mol. The SMILES string of the molecule is c1ccc(CN2CCC3(CC2)Oc2ccccc2C2CC(c4cccs4)=NN23)cc1. The Morgan fingerprint density at radius 2 is 1.77 bits per heavy atom. The molecule has 3 aromatic rings. The van der Waals surface area contributed by atoms with Crippen molar-refractivity contribution in [2.45, 2.75) is 37.6 Å². The summed E-state index contributed by atoms with van der Waals surface area (Å²) in [5.41, 5.74) is 3.50. The van der Waals surface area contributed by atoms with E-state index in [-0.39, 0.29) is 11.8 Å². The first-order valence-corrected chi connectivity index (χ1v) is 11.6. The third-order valence-corrected chi connectivity index (χ3v) is 7.52. The van der Waals surface area contributed by atoms with Crippen LogP contribution in [0, 0.1) is 0 Å². The molecule has 2 aromatic carbocycles. The van der Waals surface area contributed by atoms with Crippen molar-refractivity contribution >= 4 is 17.0 Å². The van der Waals surface area contributed by atoms with Gasteiger partial charge in [-0.05, 0) is 23.1 Å².